The SMILES string of the molecule is CCCCCCC1(CCCCCC)c2cc(-c3ccc(-c4ccc5c(c4)C(CCCCCC)(CCCCCC)c4cc(-c6ccc(-c7ccc8ccc9cccc%10ccc7c8c9%10)c7nn(-c8ccncc8)nc67)ccc4-5)c4nn(-c5ccncc5)cc34)ccc2-c2ccc(-c3ccc(-c4ccc5ccc6cccc7ccc4c5c67)c4nn(-c5ccncc5)nc34)cc21. The summed E-state index contributed by atoms with van der Waals surface area (Å²) in [6.07, 6.45) is 36.4. The van der Waals surface area contributed by atoms with E-state index in [1.807, 2.05) is 71.0 Å². The van der Waals surface area contributed by atoms with Gasteiger partial charge in [0.05, 0.1) is 17.1 Å². The average Bonchev–Trinajstić information content (AvgIpc) is 1.56. The first-order valence-electron chi connectivity index (χ1n) is 46.7. The van der Waals surface area contributed by atoms with Gasteiger partial charge >= 0.3 is 0 Å². The minimum Gasteiger partial charge on any atom is -0.265 e. The van der Waals surface area contributed by atoms with E-state index in [1.165, 1.54) is 203 Å². The lowest BCUT2D eigenvalue weighted by atomic mass is 9.69. The Morgan fingerprint density at radius 3 is 0.890 bits per heavy atom. The Bertz CT molecular complexity index is 7290. The molecule has 0 amide bonds. The molecule has 11 nitrogen and oxygen atoms in total. The quantitative estimate of drug-likeness (QED) is 0.0336. The van der Waals surface area contributed by atoms with E-state index in [2.05, 4.69) is 284 Å². The lowest BCUT2D eigenvalue weighted by Crippen LogP contribution is -2.25. The van der Waals surface area contributed by atoms with Gasteiger partial charge in [0.1, 0.15) is 27.6 Å². The molecule has 23 rings (SSSR count). The number of unbranched alkanes of at least 4 members (excludes halogenated alkanes) is 12. The molecule has 15 aromatic carbocycles. The molecule has 21 aromatic rings. The standard InChI is InChI=1S/C116H101N11/c1-5-9-13-17-59-115(60-18-14-10-6-2)102-69-80(35-41-93(102)95-43-37-82(71-104(95)115)89-49-51-99(113-111(89)121-126(123-113)85-55-65-118-66-56-85)91-39-31-78-29-27-74-23-21-25-76-33-45-97(91)108(78)106(74)76)87-47-48-88(110-101(87)73-125(120-110)84-53-63-117-64-54-84)81-36-42-94-96-44-38-83(72-105(96)116(103(94)70-81,61-19-15-11-7-3)62-20-16-12-8-4)90-50-52-100(114-112(90)122-127(124-114)86-57-67-119-68-58-86)92-40-32-79-30-28-75-24-22-26-77-34-46-98(92)109(79)107(75)77/h21-58,63-73H,5-20,59-62H2,1-4H3. The van der Waals surface area contributed by atoms with E-state index in [4.69, 9.17) is 25.5 Å². The zero-order valence-corrected chi connectivity index (χ0v) is 72.9. The highest BCUT2D eigenvalue weighted by atomic mass is 15.5. The van der Waals surface area contributed by atoms with Crippen LogP contribution in [0.5, 0.6) is 0 Å². The van der Waals surface area contributed by atoms with Gasteiger partial charge in [-0.25, -0.2) is 4.68 Å². The van der Waals surface area contributed by atoms with E-state index < -0.39 is 0 Å². The van der Waals surface area contributed by atoms with Crippen molar-refractivity contribution >= 4 is 97.6 Å². The number of hydrogen-bond acceptors (Lipinski definition) is 8. The molecule has 0 radical (unpaired) electrons. The van der Waals surface area contributed by atoms with Gasteiger partial charge in [-0.05, 0) is 234 Å². The Hall–Kier alpha value is -13.9. The summed E-state index contributed by atoms with van der Waals surface area (Å²) >= 11 is 0. The fourth-order valence-corrected chi connectivity index (χ4v) is 22.6. The number of hydrogen-bond donors (Lipinski definition) is 0. The highest BCUT2D eigenvalue weighted by Crippen LogP contribution is 2.60. The molecule has 2 aliphatic carbocycles. The molecule has 6 heterocycles. The second-order valence-corrected chi connectivity index (χ2v) is 36.2. The maximum atomic E-state index is 5.75. The van der Waals surface area contributed by atoms with Gasteiger partial charge < -0.3 is 0 Å². The molecule has 127 heavy (non-hydrogen) atoms. The summed E-state index contributed by atoms with van der Waals surface area (Å²) in [5.74, 6) is 0. The van der Waals surface area contributed by atoms with Crippen molar-refractivity contribution in [2.45, 2.75) is 167 Å². The van der Waals surface area contributed by atoms with Crippen molar-refractivity contribution in [1.29, 1.82) is 0 Å². The van der Waals surface area contributed by atoms with Crippen LogP contribution in [0.25, 0.3) is 204 Å². The number of pyridine rings is 3. The van der Waals surface area contributed by atoms with Crippen molar-refractivity contribution in [2.75, 3.05) is 0 Å². The molecule has 11 heteroatoms. The van der Waals surface area contributed by atoms with Crippen molar-refractivity contribution in [3.63, 3.8) is 0 Å². The van der Waals surface area contributed by atoms with Crippen LogP contribution in [-0.4, -0.2) is 54.7 Å². The van der Waals surface area contributed by atoms with E-state index in [9.17, 15) is 0 Å². The summed E-state index contributed by atoms with van der Waals surface area (Å²) in [4.78, 5) is 17.0. The van der Waals surface area contributed by atoms with Gasteiger partial charge in [-0.1, -0.05) is 325 Å². The summed E-state index contributed by atoms with van der Waals surface area (Å²) < 4.78 is 2.10. The zero-order chi connectivity index (χ0) is 84.9. The fraction of sp³-hybridized carbons (Fsp3) is 0.224. The Morgan fingerprint density at radius 2 is 0.520 bits per heavy atom. The Balaban J connectivity index is 0.657. The van der Waals surface area contributed by atoms with Gasteiger partial charge in [0.2, 0.25) is 0 Å². The van der Waals surface area contributed by atoms with E-state index >= 15 is 0 Å². The van der Waals surface area contributed by atoms with Gasteiger partial charge in [0, 0.05) is 87.4 Å². The molecule has 0 fully saturated rings. The predicted octanol–water partition coefficient (Wildman–Crippen LogP) is 30.9. The monoisotopic (exact) mass is 1650 g/mol. The molecule has 0 bridgehead atoms. The van der Waals surface area contributed by atoms with E-state index in [-0.39, 0.29) is 10.8 Å². The fourth-order valence-electron chi connectivity index (χ4n) is 22.6. The van der Waals surface area contributed by atoms with Crippen LogP contribution in [0.15, 0.2) is 298 Å². The lowest BCUT2D eigenvalue weighted by Gasteiger charge is -2.33. The second-order valence-electron chi connectivity index (χ2n) is 36.2. The van der Waals surface area contributed by atoms with Crippen molar-refractivity contribution < 1.29 is 0 Å². The van der Waals surface area contributed by atoms with Gasteiger partial charge in [-0.2, -0.15) is 14.7 Å². The molecule has 0 N–H and O–H groups in total. The third kappa shape index (κ3) is 13.0. The minimum absolute atomic E-state index is 0.263. The summed E-state index contributed by atoms with van der Waals surface area (Å²) in [6.45, 7) is 9.36. The van der Waals surface area contributed by atoms with E-state index in [1.54, 1.807) is 0 Å². The van der Waals surface area contributed by atoms with Crippen LogP contribution in [0.2, 0.25) is 0 Å². The molecule has 0 spiro atoms. The second kappa shape index (κ2) is 32.3. The van der Waals surface area contributed by atoms with Crippen molar-refractivity contribution in [3.8, 4) is 106 Å². The lowest BCUT2D eigenvalue weighted by molar-refractivity contribution is 0.401. The van der Waals surface area contributed by atoms with Gasteiger partial charge in [0.25, 0.3) is 0 Å². The summed E-state index contributed by atoms with van der Waals surface area (Å²) in [5.41, 5.74) is 31.3. The number of fused-ring (bicyclic) bond motifs is 9. The summed E-state index contributed by atoms with van der Waals surface area (Å²) in [6, 6.07) is 96.8. The van der Waals surface area contributed by atoms with Crippen LogP contribution in [-0.2, 0) is 10.8 Å². The molecule has 0 unspecified atom stereocenters. The van der Waals surface area contributed by atoms with Gasteiger partial charge in [-0.3, -0.25) is 15.0 Å². The minimum atomic E-state index is -0.268. The van der Waals surface area contributed by atoms with Crippen LogP contribution < -0.4 is 0 Å². The normalized spacial score (nSPS) is 13.3. The van der Waals surface area contributed by atoms with Crippen molar-refractivity contribution in [3.05, 3.63) is 320 Å². The average molecular weight is 1650 g/mol. The zero-order valence-electron chi connectivity index (χ0n) is 72.9. The number of benzene rings is 15. The van der Waals surface area contributed by atoms with Gasteiger partial charge in [-0.15, -0.1) is 20.4 Å². The number of nitrogens with zero attached hydrogens (tertiary/aromatic N) is 11. The van der Waals surface area contributed by atoms with Crippen LogP contribution >= 0.6 is 0 Å². The number of rotatable bonds is 29. The third-order valence-corrected chi connectivity index (χ3v) is 28.9. The predicted molar refractivity (Wildman–Crippen MR) is 527 cm³/mol. The Labute approximate surface area is 740 Å². The summed E-state index contributed by atoms with van der Waals surface area (Å²) in [5, 5.41) is 43.9. The molecular weight excluding hydrogens is 1550 g/mol. The van der Waals surface area contributed by atoms with E-state index in [0.29, 0.717) is 0 Å². The Morgan fingerprint density at radius 1 is 0.228 bits per heavy atom. The first kappa shape index (κ1) is 77.9. The molecular formula is C116H101N11. The summed E-state index contributed by atoms with van der Waals surface area (Å²) in [7, 11) is 0. The van der Waals surface area contributed by atoms with Crippen molar-refractivity contribution in [2.24, 2.45) is 0 Å². The maximum absolute atomic E-state index is 5.75. The van der Waals surface area contributed by atoms with Crippen LogP contribution in [0.1, 0.15) is 178 Å². The molecule has 0 saturated carbocycles. The van der Waals surface area contributed by atoms with Crippen LogP contribution in [0, 0.1) is 0 Å². The highest BCUT2D eigenvalue weighted by Gasteiger charge is 2.45. The number of aromatic nitrogens is 11. The first-order valence-corrected chi connectivity index (χ1v) is 46.7. The highest BCUT2D eigenvalue weighted by molar-refractivity contribution is 6.28. The molecule has 0 saturated heterocycles. The topological polar surface area (TPSA) is 118 Å². The van der Waals surface area contributed by atoms with Crippen LogP contribution in [0.3, 0.4) is 0 Å². The third-order valence-electron chi connectivity index (χ3n) is 28.9. The molecule has 0 aliphatic heterocycles. The molecule has 620 valence electrons. The van der Waals surface area contributed by atoms with E-state index in [0.717, 1.165) is 151 Å². The largest absolute Gasteiger partial charge is 0.265 e. The first-order chi connectivity index (χ1) is 62.8. The molecule has 2 aliphatic rings. The van der Waals surface area contributed by atoms with Crippen molar-refractivity contribution in [1.82, 2.24) is 54.7 Å². The van der Waals surface area contributed by atoms with Gasteiger partial charge in [0.15, 0.2) is 0 Å². The molecule has 0 atom stereocenters. The Kier molecular flexibility index (Phi) is 19.8. The smallest absolute Gasteiger partial charge is 0.122 e. The maximum Gasteiger partial charge on any atom is 0.122 e. The van der Waals surface area contributed by atoms with Crippen LogP contribution in [0.4, 0.5) is 0 Å². The molecule has 6 aromatic heterocycles.